The Labute approximate surface area is 149 Å². The molecule has 23 heavy (non-hydrogen) atoms. The number of amides is 1. The highest BCUT2D eigenvalue weighted by molar-refractivity contribution is 7.11. The zero-order valence-electron chi connectivity index (χ0n) is 14.1. The first-order chi connectivity index (χ1) is 10.6. The minimum atomic E-state index is -0.372. The maximum Gasteiger partial charge on any atom is 0.239 e. The zero-order valence-corrected chi connectivity index (χ0v) is 15.7. The van der Waals surface area contributed by atoms with Crippen LogP contribution in [0.2, 0.25) is 0 Å². The van der Waals surface area contributed by atoms with Gasteiger partial charge in [0.25, 0.3) is 0 Å². The fraction of sp³-hybridized carbons (Fsp3) is 0.765. The van der Waals surface area contributed by atoms with Crippen LogP contribution in [0.5, 0.6) is 0 Å². The van der Waals surface area contributed by atoms with Gasteiger partial charge in [0.2, 0.25) is 5.91 Å². The number of carbonyl (C=O) groups is 1. The number of nitrogens with zero attached hydrogens (tertiary/aromatic N) is 2. The van der Waals surface area contributed by atoms with Crippen LogP contribution in [0.25, 0.3) is 0 Å². The van der Waals surface area contributed by atoms with Gasteiger partial charge >= 0.3 is 0 Å². The molecule has 1 aromatic rings. The van der Waals surface area contributed by atoms with Crippen LogP contribution < -0.4 is 5.73 Å². The first kappa shape index (κ1) is 18.7. The number of piperidine rings is 1. The van der Waals surface area contributed by atoms with Gasteiger partial charge in [-0.2, -0.15) is 0 Å². The maximum absolute atomic E-state index is 12.5. The summed E-state index contributed by atoms with van der Waals surface area (Å²) in [6, 6.07) is -0.372. The number of hydrogen-bond donors (Lipinski definition) is 1. The van der Waals surface area contributed by atoms with Crippen molar-refractivity contribution in [1.82, 2.24) is 9.88 Å². The maximum atomic E-state index is 12.5. The van der Waals surface area contributed by atoms with Gasteiger partial charge in [0.1, 0.15) is 0 Å². The second kappa shape index (κ2) is 7.95. The highest BCUT2D eigenvalue weighted by atomic mass is 35.5. The third-order valence-electron chi connectivity index (χ3n) is 4.95. The molecule has 0 spiro atoms. The lowest BCUT2D eigenvalue weighted by atomic mass is 9.96. The van der Waals surface area contributed by atoms with E-state index in [0.717, 1.165) is 32.4 Å². The lowest BCUT2D eigenvalue weighted by Crippen LogP contribution is -2.49. The summed E-state index contributed by atoms with van der Waals surface area (Å²) in [7, 11) is 0. The summed E-state index contributed by atoms with van der Waals surface area (Å²) in [6.45, 7) is 5.67. The van der Waals surface area contributed by atoms with Crippen molar-refractivity contribution in [2.24, 2.45) is 11.7 Å². The van der Waals surface area contributed by atoms with Crippen LogP contribution in [-0.2, 0) is 17.6 Å². The lowest BCUT2D eigenvalue weighted by molar-refractivity contribution is -0.134. The number of rotatable bonds is 3. The Morgan fingerprint density at radius 2 is 2.04 bits per heavy atom. The SMILES string of the molecule is CC(C)[C@H](N)C(=O)N1CCCC(c2nc3c(s2)CCCC3)C1.Cl. The van der Waals surface area contributed by atoms with E-state index < -0.39 is 0 Å². The molecule has 1 aliphatic carbocycles. The highest BCUT2D eigenvalue weighted by Gasteiger charge is 2.31. The topological polar surface area (TPSA) is 59.2 Å². The molecule has 1 amide bonds. The molecule has 1 fully saturated rings. The molecule has 2 aliphatic rings. The van der Waals surface area contributed by atoms with E-state index in [1.165, 1.54) is 34.8 Å². The van der Waals surface area contributed by atoms with Crippen LogP contribution >= 0.6 is 23.7 Å². The molecule has 1 unspecified atom stereocenters. The fourth-order valence-corrected chi connectivity index (χ4v) is 4.70. The molecule has 1 saturated heterocycles. The molecule has 0 bridgehead atoms. The number of hydrogen-bond acceptors (Lipinski definition) is 4. The van der Waals surface area contributed by atoms with Crippen molar-refractivity contribution >= 4 is 29.7 Å². The Hall–Kier alpha value is -0.650. The molecule has 0 saturated carbocycles. The highest BCUT2D eigenvalue weighted by Crippen LogP contribution is 2.34. The Balaban J connectivity index is 0.00000192. The zero-order chi connectivity index (χ0) is 15.7. The van der Waals surface area contributed by atoms with E-state index in [4.69, 9.17) is 10.7 Å². The van der Waals surface area contributed by atoms with Crippen molar-refractivity contribution in [3.8, 4) is 0 Å². The molecule has 6 heteroatoms. The number of aromatic nitrogens is 1. The minimum Gasteiger partial charge on any atom is -0.341 e. The largest absolute Gasteiger partial charge is 0.341 e. The van der Waals surface area contributed by atoms with Crippen molar-refractivity contribution in [3.05, 3.63) is 15.6 Å². The predicted octanol–water partition coefficient (Wildman–Crippen LogP) is 3.13. The molecule has 2 N–H and O–H groups in total. The third kappa shape index (κ3) is 4.06. The van der Waals surface area contributed by atoms with Crippen molar-refractivity contribution in [3.63, 3.8) is 0 Å². The monoisotopic (exact) mass is 357 g/mol. The molecule has 2 heterocycles. The molecule has 130 valence electrons. The summed E-state index contributed by atoms with van der Waals surface area (Å²) in [6.07, 6.45) is 7.11. The van der Waals surface area contributed by atoms with Crippen LogP contribution in [0.15, 0.2) is 0 Å². The first-order valence-corrected chi connectivity index (χ1v) is 9.40. The lowest BCUT2D eigenvalue weighted by Gasteiger charge is -2.34. The second-order valence-electron chi connectivity index (χ2n) is 7.02. The van der Waals surface area contributed by atoms with Gasteiger partial charge in [0.15, 0.2) is 0 Å². The molecule has 1 aromatic heterocycles. The van der Waals surface area contributed by atoms with Gasteiger partial charge in [-0.15, -0.1) is 23.7 Å². The number of aryl methyl sites for hydroxylation is 2. The van der Waals surface area contributed by atoms with Gasteiger partial charge in [-0.25, -0.2) is 4.98 Å². The molecule has 4 nitrogen and oxygen atoms in total. The van der Waals surface area contributed by atoms with E-state index in [0.29, 0.717) is 5.92 Å². The third-order valence-corrected chi connectivity index (χ3v) is 6.27. The second-order valence-corrected chi connectivity index (χ2v) is 8.14. The average molecular weight is 358 g/mol. The van der Waals surface area contributed by atoms with E-state index in [9.17, 15) is 4.79 Å². The van der Waals surface area contributed by atoms with E-state index in [1.54, 1.807) is 0 Å². The Kier molecular flexibility index (Phi) is 6.46. The van der Waals surface area contributed by atoms with E-state index >= 15 is 0 Å². The summed E-state index contributed by atoms with van der Waals surface area (Å²) in [5.41, 5.74) is 7.38. The molecular weight excluding hydrogens is 330 g/mol. The minimum absolute atomic E-state index is 0. The number of carbonyl (C=O) groups excluding carboxylic acids is 1. The predicted molar refractivity (Wildman–Crippen MR) is 97.4 cm³/mol. The van der Waals surface area contributed by atoms with Gasteiger partial charge in [0.05, 0.1) is 16.7 Å². The van der Waals surface area contributed by atoms with E-state index in [2.05, 4.69) is 0 Å². The smallest absolute Gasteiger partial charge is 0.239 e. The summed E-state index contributed by atoms with van der Waals surface area (Å²) in [5.74, 6) is 0.716. The summed E-state index contributed by atoms with van der Waals surface area (Å²) < 4.78 is 0. The van der Waals surface area contributed by atoms with Gasteiger partial charge in [-0.3, -0.25) is 4.79 Å². The Bertz CT molecular complexity index is 522. The standard InChI is InChI=1S/C17H27N3OS.ClH/c1-11(2)15(18)17(21)20-9-5-6-12(10-20)16-19-13-7-3-4-8-14(13)22-16;/h11-12,15H,3-10,18H2,1-2H3;1H/t12?,15-;/m0./s1. The molecular formula is C17H28ClN3OS. The van der Waals surface area contributed by atoms with Crippen molar-refractivity contribution in [1.29, 1.82) is 0 Å². The number of halogens is 1. The molecule has 1 aliphatic heterocycles. The summed E-state index contributed by atoms with van der Waals surface area (Å²) in [5, 5.41) is 1.25. The number of likely N-dealkylation sites (tertiary alicyclic amines) is 1. The first-order valence-electron chi connectivity index (χ1n) is 8.59. The average Bonchev–Trinajstić information content (AvgIpc) is 2.97. The number of thiazole rings is 1. The quantitative estimate of drug-likeness (QED) is 0.904. The van der Waals surface area contributed by atoms with Gasteiger partial charge < -0.3 is 10.6 Å². The Morgan fingerprint density at radius 3 is 2.74 bits per heavy atom. The van der Waals surface area contributed by atoms with E-state index in [1.807, 2.05) is 30.1 Å². The number of nitrogens with two attached hydrogens (primary N) is 1. The summed E-state index contributed by atoms with van der Waals surface area (Å²) in [4.78, 5) is 20.9. The van der Waals surface area contributed by atoms with Gasteiger partial charge in [0, 0.05) is 23.9 Å². The van der Waals surface area contributed by atoms with Crippen LogP contribution in [0.1, 0.15) is 61.0 Å². The van der Waals surface area contributed by atoms with Gasteiger partial charge in [-0.1, -0.05) is 13.8 Å². The normalized spacial score (nSPS) is 22.4. The Morgan fingerprint density at radius 1 is 1.30 bits per heavy atom. The molecule has 0 radical (unpaired) electrons. The van der Waals surface area contributed by atoms with Crippen LogP contribution in [-0.4, -0.2) is 34.9 Å². The van der Waals surface area contributed by atoms with Crippen LogP contribution in [0.4, 0.5) is 0 Å². The van der Waals surface area contributed by atoms with Crippen LogP contribution in [0.3, 0.4) is 0 Å². The molecule has 2 atom stereocenters. The molecule has 0 aromatic carbocycles. The van der Waals surface area contributed by atoms with Crippen molar-refractivity contribution in [2.75, 3.05) is 13.1 Å². The molecule has 3 rings (SSSR count). The fourth-order valence-electron chi connectivity index (χ4n) is 3.42. The van der Waals surface area contributed by atoms with Crippen molar-refractivity contribution < 1.29 is 4.79 Å². The summed E-state index contributed by atoms with van der Waals surface area (Å²) >= 11 is 1.89. The van der Waals surface area contributed by atoms with Crippen molar-refractivity contribution in [2.45, 2.75) is 64.3 Å². The van der Waals surface area contributed by atoms with Crippen LogP contribution in [0, 0.1) is 5.92 Å². The number of fused-ring (bicyclic) bond motifs is 1. The van der Waals surface area contributed by atoms with E-state index in [-0.39, 0.29) is 30.3 Å². The van der Waals surface area contributed by atoms with Gasteiger partial charge in [-0.05, 0) is 44.4 Å².